The Kier molecular flexibility index (Phi) is 2.46. The predicted molar refractivity (Wildman–Crippen MR) is 62.4 cm³/mol. The number of hydrogen-bond acceptors (Lipinski definition) is 2. The number of nitrogen functional groups attached to an aromatic ring is 1. The van der Waals surface area contributed by atoms with Gasteiger partial charge in [-0.2, -0.15) is 5.10 Å². The van der Waals surface area contributed by atoms with E-state index < -0.39 is 0 Å². The summed E-state index contributed by atoms with van der Waals surface area (Å²) in [5.74, 6) is 0. The molecule has 0 aliphatic rings. The molecular weight excluding hydrogens is 186 g/mol. The summed E-state index contributed by atoms with van der Waals surface area (Å²) in [6.45, 7) is 2.14. The van der Waals surface area contributed by atoms with Gasteiger partial charge in [0.15, 0.2) is 0 Å². The summed E-state index contributed by atoms with van der Waals surface area (Å²) in [4.78, 5) is 0. The first kappa shape index (κ1) is 9.77. The van der Waals surface area contributed by atoms with Gasteiger partial charge in [-0.05, 0) is 30.2 Å². The van der Waals surface area contributed by atoms with Crippen molar-refractivity contribution in [2.45, 2.75) is 13.3 Å². The van der Waals surface area contributed by atoms with Gasteiger partial charge in [-0.15, -0.1) is 0 Å². The molecule has 0 fully saturated rings. The van der Waals surface area contributed by atoms with Crippen LogP contribution in [-0.4, -0.2) is 9.78 Å². The Labute approximate surface area is 89.5 Å². The Hall–Kier alpha value is -1.77. The van der Waals surface area contributed by atoms with Gasteiger partial charge in [0, 0.05) is 24.5 Å². The maximum Gasteiger partial charge on any atom is 0.0926 e. The zero-order valence-electron chi connectivity index (χ0n) is 9.07. The van der Waals surface area contributed by atoms with E-state index in [0.29, 0.717) is 0 Å². The molecule has 2 rings (SSSR count). The van der Waals surface area contributed by atoms with Crippen LogP contribution in [0.3, 0.4) is 0 Å². The highest BCUT2D eigenvalue weighted by molar-refractivity contribution is 5.67. The lowest BCUT2D eigenvalue weighted by Gasteiger charge is -2.06. The third-order valence-corrected chi connectivity index (χ3v) is 2.50. The van der Waals surface area contributed by atoms with Crippen LogP contribution in [0.2, 0.25) is 0 Å². The number of benzene rings is 1. The van der Waals surface area contributed by atoms with Gasteiger partial charge in [-0.1, -0.05) is 13.0 Å². The van der Waals surface area contributed by atoms with Gasteiger partial charge in [0.2, 0.25) is 0 Å². The van der Waals surface area contributed by atoms with Gasteiger partial charge in [0.1, 0.15) is 0 Å². The zero-order valence-corrected chi connectivity index (χ0v) is 9.07. The lowest BCUT2D eigenvalue weighted by atomic mass is 10.0. The molecule has 0 bridgehead atoms. The molecule has 15 heavy (non-hydrogen) atoms. The van der Waals surface area contributed by atoms with E-state index in [-0.39, 0.29) is 0 Å². The van der Waals surface area contributed by atoms with Crippen LogP contribution in [0.1, 0.15) is 12.5 Å². The molecule has 1 aromatic heterocycles. The molecular formula is C12H15N3. The Bertz CT molecular complexity index is 471. The van der Waals surface area contributed by atoms with E-state index in [9.17, 15) is 0 Å². The maximum absolute atomic E-state index is 5.79. The molecule has 0 saturated carbocycles. The normalized spacial score (nSPS) is 10.5. The maximum atomic E-state index is 5.79. The summed E-state index contributed by atoms with van der Waals surface area (Å²) in [5.41, 5.74) is 9.98. The minimum atomic E-state index is 0.785. The van der Waals surface area contributed by atoms with Crippen LogP contribution in [0.15, 0.2) is 30.5 Å². The molecule has 0 unspecified atom stereocenters. The molecule has 1 heterocycles. The average molecular weight is 201 g/mol. The highest BCUT2D eigenvalue weighted by Gasteiger charge is 2.06. The first-order chi connectivity index (χ1) is 7.20. The number of aryl methyl sites for hydroxylation is 2. The van der Waals surface area contributed by atoms with Crippen LogP contribution in [-0.2, 0) is 13.5 Å². The van der Waals surface area contributed by atoms with Crippen LogP contribution >= 0.6 is 0 Å². The number of nitrogens with zero attached hydrogens (tertiary/aromatic N) is 2. The summed E-state index contributed by atoms with van der Waals surface area (Å²) in [6, 6.07) is 8.00. The summed E-state index contributed by atoms with van der Waals surface area (Å²) in [7, 11) is 1.92. The van der Waals surface area contributed by atoms with E-state index in [1.807, 2.05) is 31.4 Å². The van der Waals surface area contributed by atoms with Gasteiger partial charge in [-0.3, -0.25) is 4.68 Å². The highest BCUT2D eigenvalue weighted by Crippen LogP contribution is 2.24. The molecule has 2 N–H and O–H groups in total. The fraction of sp³-hybridized carbons (Fsp3) is 0.250. The standard InChI is InChI=1S/C12H15N3/c1-3-9-4-5-10(13)8-11(9)12-6-7-15(2)14-12/h4-8H,3,13H2,1-2H3. The fourth-order valence-electron chi connectivity index (χ4n) is 1.70. The van der Waals surface area contributed by atoms with Crippen molar-refractivity contribution in [3.63, 3.8) is 0 Å². The van der Waals surface area contributed by atoms with E-state index in [4.69, 9.17) is 5.73 Å². The van der Waals surface area contributed by atoms with Crippen molar-refractivity contribution in [3.8, 4) is 11.3 Å². The van der Waals surface area contributed by atoms with Crippen molar-refractivity contribution in [1.29, 1.82) is 0 Å². The Morgan fingerprint density at radius 3 is 2.73 bits per heavy atom. The van der Waals surface area contributed by atoms with Gasteiger partial charge < -0.3 is 5.73 Å². The minimum Gasteiger partial charge on any atom is -0.399 e. The second-order valence-electron chi connectivity index (χ2n) is 3.64. The molecule has 2 aromatic rings. The van der Waals surface area contributed by atoms with Crippen molar-refractivity contribution in [1.82, 2.24) is 9.78 Å². The Morgan fingerprint density at radius 2 is 2.13 bits per heavy atom. The predicted octanol–water partition coefficient (Wildman–Crippen LogP) is 2.23. The van der Waals surface area contributed by atoms with E-state index in [1.165, 1.54) is 5.56 Å². The number of nitrogens with two attached hydrogens (primary N) is 1. The molecule has 3 nitrogen and oxygen atoms in total. The molecule has 0 aliphatic carbocycles. The zero-order chi connectivity index (χ0) is 10.8. The van der Waals surface area contributed by atoms with Crippen molar-refractivity contribution in [2.24, 2.45) is 7.05 Å². The van der Waals surface area contributed by atoms with E-state index in [0.717, 1.165) is 23.4 Å². The van der Waals surface area contributed by atoms with E-state index in [2.05, 4.69) is 18.1 Å². The third-order valence-electron chi connectivity index (χ3n) is 2.50. The summed E-state index contributed by atoms with van der Waals surface area (Å²) < 4.78 is 1.80. The van der Waals surface area contributed by atoms with Crippen molar-refractivity contribution < 1.29 is 0 Å². The number of hydrogen-bond donors (Lipinski definition) is 1. The molecule has 0 amide bonds. The molecule has 0 saturated heterocycles. The number of aromatic nitrogens is 2. The van der Waals surface area contributed by atoms with Gasteiger partial charge >= 0.3 is 0 Å². The molecule has 3 heteroatoms. The Morgan fingerprint density at radius 1 is 1.33 bits per heavy atom. The monoisotopic (exact) mass is 201 g/mol. The number of rotatable bonds is 2. The summed E-state index contributed by atoms with van der Waals surface area (Å²) in [5, 5.41) is 4.39. The van der Waals surface area contributed by atoms with Crippen LogP contribution in [0.4, 0.5) is 5.69 Å². The molecule has 78 valence electrons. The lowest BCUT2D eigenvalue weighted by molar-refractivity contribution is 0.770. The van der Waals surface area contributed by atoms with E-state index in [1.54, 1.807) is 4.68 Å². The first-order valence-corrected chi connectivity index (χ1v) is 5.09. The van der Waals surface area contributed by atoms with Crippen LogP contribution in [0.5, 0.6) is 0 Å². The van der Waals surface area contributed by atoms with Gasteiger partial charge in [0.25, 0.3) is 0 Å². The van der Waals surface area contributed by atoms with Crippen LogP contribution in [0.25, 0.3) is 11.3 Å². The van der Waals surface area contributed by atoms with Crippen LogP contribution < -0.4 is 5.73 Å². The van der Waals surface area contributed by atoms with Crippen LogP contribution in [0, 0.1) is 0 Å². The lowest BCUT2D eigenvalue weighted by Crippen LogP contribution is -1.93. The molecule has 0 aliphatic heterocycles. The van der Waals surface area contributed by atoms with Gasteiger partial charge in [0.05, 0.1) is 5.69 Å². The smallest absolute Gasteiger partial charge is 0.0926 e. The SMILES string of the molecule is CCc1ccc(N)cc1-c1ccn(C)n1. The van der Waals surface area contributed by atoms with Crippen molar-refractivity contribution in [3.05, 3.63) is 36.0 Å². The largest absolute Gasteiger partial charge is 0.399 e. The molecule has 1 aromatic carbocycles. The fourth-order valence-corrected chi connectivity index (χ4v) is 1.70. The quantitative estimate of drug-likeness (QED) is 0.757. The topological polar surface area (TPSA) is 43.8 Å². The molecule has 0 atom stereocenters. The molecule has 0 spiro atoms. The van der Waals surface area contributed by atoms with E-state index >= 15 is 0 Å². The first-order valence-electron chi connectivity index (χ1n) is 5.09. The highest BCUT2D eigenvalue weighted by atomic mass is 15.2. The second kappa shape index (κ2) is 3.77. The second-order valence-corrected chi connectivity index (χ2v) is 3.64. The Balaban J connectivity index is 2.55. The average Bonchev–Trinajstić information content (AvgIpc) is 2.65. The van der Waals surface area contributed by atoms with Crippen molar-refractivity contribution >= 4 is 5.69 Å². The summed E-state index contributed by atoms with van der Waals surface area (Å²) >= 11 is 0. The third kappa shape index (κ3) is 1.86. The van der Waals surface area contributed by atoms with Gasteiger partial charge in [-0.25, -0.2) is 0 Å². The number of anilines is 1. The minimum absolute atomic E-state index is 0.785. The van der Waals surface area contributed by atoms with Crippen molar-refractivity contribution in [2.75, 3.05) is 5.73 Å². The molecule has 0 radical (unpaired) electrons. The summed E-state index contributed by atoms with van der Waals surface area (Å²) in [6.07, 6.45) is 2.93.